The van der Waals surface area contributed by atoms with Gasteiger partial charge < -0.3 is 21.3 Å². The lowest BCUT2D eigenvalue weighted by Gasteiger charge is -2.06. The average molecular weight is 272 g/mol. The van der Waals surface area contributed by atoms with E-state index in [9.17, 15) is 15.0 Å². The zero-order valence-electron chi connectivity index (χ0n) is 10.8. The van der Waals surface area contributed by atoms with Crippen molar-refractivity contribution in [2.75, 3.05) is 12.3 Å². The minimum atomic E-state index is -0.173. The Hall–Kier alpha value is -2.69. The molecule has 0 atom stereocenters. The highest BCUT2D eigenvalue weighted by molar-refractivity contribution is 5.94. The third-order valence-corrected chi connectivity index (χ3v) is 2.91. The Balaban J connectivity index is 1.87. The van der Waals surface area contributed by atoms with Gasteiger partial charge in [0, 0.05) is 17.8 Å². The summed E-state index contributed by atoms with van der Waals surface area (Å²) in [5.41, 5.74) is 7.55. The van der Waals surface area contributed by atoms with Gasteiger partial charge >= 0.3 is 0 Å². The Labute approximate surface area is 116 Å². The standard InChI is InChI=1S/C15H16N2O3/c16-12-4-2-11(3-5-12)15(20)17-8-7-10-1-6-13(18)14(19)9-10/h1-6,9,18-19H,7-8,16H2,(H,17,20). The second-order valence-corrected chi connectivity index (χ2v) is 4.45. The zero-order chi connectivity index (χ0) is 14.5. The highest BCUT2D eigenvalue weighted by Gasteiger charge is 2.05. The van der Waals surface area contributed by atoms with Crippen molar-refractivity contribution in [1.29, 1.82) is 0 Å². The fourth-order valence-electron chi connectivity index (χ4n) is 1.78. The number of phenolic OH excluding ortho intramolecular Hbond substituents is 2. The van der Waals surface area contributed by atoms with Crippen LogP contribution in [0.15, 0.2) is 42.5 Å². The van der Waals surface area contributed by atoms with Gasteiger partial charge in [-0.15, -0.1) is 0 Å². The molecule has 5 nitrogen and oxygen atoms in total. The number of nitrogens with two attached hydrogens (primary N) is 1. The van der Waals surface area contributed by atoms with Gasteiger partial charge in [-0.25, -0.2) is 0 Å². The number of nitrogen functional groups attached to an aromatic ring is 1. The first kappa shape index (κ1) is 13.7. The molecule has 2 rings (SSSR count). The minimum Gasteiger partial charge on any atom is -0.504 e. The highest BCUT2D eigenvalue weighted by atomic mass is 16.3. The van der Waals surface area contributed by atoms with Crippen LogP contribution in [0.4, 0.5) is 5.69 Å². The normalized spacial score (nSPS) is 10.2. The number of hydrogen-bond donors (Lipinski definition) is 4. The Kier molecular flexibility index (Phi) is 4.10. The van der Waals surface area contributed by atoms with Gasteiger partial charge in [-0.05, 0) is 48.4 Å². The monoisotopic (exact) mass is 272 g/mol. The van der Waals surface area contributed by atoms with E-state index in [4.69, 9.17) is 5.73 Å². The number of aromatic hydroxyl groups is 2. The first-order chi connectivity index (χ1) is 9.56. The summed E-state index contributed by atoms with van der Waals surface area (Å²) in [6, 6.07) is 11.3. The van der Waals surface area contributed by atoms with E-state index in [1.807, 2.05) is 0 Å². The first-order valence-corrected chi connectivity index (χ1v) is 6.21. The van der Waals surface area contributed by atoms with E-state index in [1.165, 1.54) is 12.1 Å². The van der Waals surface area contributed by atoms with E-state index in [1.54, 1.807) is 30.3 Å². The number of carbonyl (C=O) groups excluding carboxylic acids is 1. The van der Waals surface area contributed by atoms with Crippen LogP contribution in [-0.2, 0) is 6.42 Å². The average Bonchev–Trinajstić information content (AvgIpc) is 2.43. The Bertz CT molecular complexity index is 609. The molecule has 1 amide bonds. The van der Waals surface area contributed by atoms with Crippen LogP contribution in [0, 0.1) is 0 Å². The number of carbonyl (C=O) groups is 1. The number of hydrogen-bond acceptors (Lipinski definition) is 4. The number of nitrogens with one attached hydrogen (secondary N) is 1. The predicted molar refractivity (Wildman–Crippen MR) is 76.7 cm³/mol. The van der Waals surface area contributed by atoms with Crippen molar-refractivity contribution in [2.24, 2.45) is 0 Å². The Morgan fingerprint density at radius 3 is 2.40 bits per heavy atom. The quantitative estimate of drug-likeness (QED) is 0.502. The van der Waals surface area contributed by atoms with Crippen molar-refractivity contribution in [3.63, 3.8) is 0 Å². The zero-order valence-corrected chi connectivity index (χ0v) is 10.8. The lowest BCUT2D eigenvalue weighted by molar-refractivity contribution is 0.0954. The molecular weight excluding hydrogens is 256 g/mol. The lowest BCUT2D eigenvalue weighted by atomic mass is 10.1. The van der Waals surface area contributed by atoms with Crippen LogP contribution in [0.2, 0.25) is 0 Å². The van der Waals surface area contributed by atoms with E-state index >= 15 is 0 Å². The number of amides is 1. The van der Waals surface area contributed by atoms with Crippen LogP contribution in [0.3, 0.4) is 0 Å². The molecule has 0 bridgehead atoms. The Morgan fingerprint density at radius 1 is 1.05 bits per heavy atom. The lowest BCUT2D eigenvalue weighted by Crippen LogP contribution is -2.25. The Morgan fingerprint density at radius 2 is 1.75 bits per heavy atom. The van der Waals surface area contributed by atoms with Gasteiger partial charge in [0.1, 0.15) is 0 Å². The van der Waals surface area contributed by atoms with Crippen molar-refractivity contribution >= 4 is 11.6 Å². The number of benzene rings is 2. The molecule has 0 spiro atoms. The summed E-state index contributed by atoms with van der Waals surface area (Å²) < 4.78 is 0. The third kappa shape index (κ3) is 3.41. The molecule has 2 aromatic carbocycles. The maximum Gasteiger partial charge on any atom is 0.251 e. The molecule has 20 heavy (non-hydrogen) atoms. The van der Waals surface area contributed by atoms with Gasteiger partial charge in [-0.2, -0.15) is 0 Å². The van der Waals surface area contributed by atoms with Gasteiger partial charge in [0.25, 0.3) is 5.91 Å². The van der Waals surface area contributed by atoms with Crippen LogP contribution in [0.1, 0.15) is 15.9 Å². The molecule has 0 aliphatic carbocycles. The molecule has 5 heteroatoms. The van der Waals surface area contributed by atoms with Crippen molar-refractivity contribution < 1.29 is 15.0 Å². The summed E-state index contributed by atoms with van der Waals surface area (Å²) in [5, 5.41) is 21.3. The van der Waals surface area contributed by atoms with E-state index in [0.29, 0.717) is 24.2 Å². The van der Waals surface area contributed by atoms with Crippen LogP contribution in [0.25, 0.3) is 0 Å². The van der Waals surface area contributed by atoms with Gasteiger partial charge in [0.05, 0.1) is 0 Å². The molecule has 0 radical (unpaired) electrons. The van der Waals surface area contributed by atoms with Crippen molar-refractivity contribution in [3.8, 4) is 11.5 Å². The first-order valence-electron chi connectivity index (χ1n) is 6.21. The molecule has 0 saturated carbocycles. The summed E-state index contributed by atoms with van der Waals surface area (Å²) >= 11 is 0. The molecule has 0 unspecified atom stereocenters. The van der Waals surface area contributed by atoms with Crippen LogP contribution < -0.4 is 11.1 Å². The van der Waals surface area contributed by atoms with Gasteiger partial charge in [-0.3, -0.25) is 4.79 Å². The number of anilines is 1. The molecular formula is C15H16N2O3. The summed E-state index contributed by atoms with van der Waals surface area (Å²) in [4.78, 5) is 11.8. The van der Waals surface area contributed by atoms with E-state index in [2.05, 4.69) is 5.32 Å². The van der Waals surface area contributed by atoms with Gasteiger partial charge in [0.2, 0.25) is 0 Å². The molecule has 0 saturated heterocycles. The second-order valence-electron chi connectivity index (χ2n) is 4.45. The molecule has 0 aliphatic heterocycles. The molecule has 104 valence electrons. The fourth-order valence-corrected chi connectivity index (χ4v) is 1.78. The summed E-state index contributed by atoms with van der Waals surface area (Å²) in [6.45, 7) is 0.438. The summed E-state index contributed by atoms with van der Waals surface area (Å²) in [6.07, 6.45) is 0.564. The summed E-state index contributed by atoms with van der Waals surface area (Å²) in [7, 11) is 0. The predicted octanol–water partition coefficient (Wildman–Crippen LogP) is 1.65. The van der Waals surface area contributed by atoms with Crippen molar-refractivity contribution in [1.82, 2.24) is 5.32 Å². The molecule has 0 heterocycles. The minimum absolute atomic E-state index is 0.153. The van der Waals surface area contributed by atoms with Crippen LogP contribution in [0.5, 0.6) is 11.5 Å². The second kappa shape index (κ2) is 5.97. The highest BCUT2D eigenvalue weighted by Crippen LogP contribution is 2.24. The number of rotatable bonds is 4. The number of phenols is 2. The van der Waals surface area contributed by atoms with Crippen LogP contribution in [-0.4, -0.2) is 22.7 Å². The SMILES string of the molecule is Nc1ccc(C(=O)NCCc2ccc(O)c(O)c2)cc1. The molecule has 2 aromatic rings. The van der Waals surface area contributed by atoms with Gasteiger partial charge in [-0.1, -0.05) is 6.07 Å². The molecule has 0 fully saturated rings. The molecule has 0 aromatic heterocycles. The fraction of sp³-hybridized carbons (Fsp3) is 0.133. The smallest absolute Gasteiger partial charge is 0.251 e. The molecule has 0 aliphatic rings. The van der Waals surface area contributed by atoms with E-state index < -0.39 is 0 Å². The topological polar surface area (TPSA) is 95.6 Å². The maximum absolute atomic E-state index is 11.8. The molecule has 5 N–H and O–H groups in total. The van der Waals surface area contributed by atoms with E-state index in [0.717, 1.165) is 5.56 Å². The maximum atomic E-state index is 11.8. The van der Waals surface area contributed by atoms with Gasteiger partial charge in [0.15, 0.2) is 11.5 Å². The van der Waals surface area contributed by atoms with E-state index in [-0.39, 0.29) is 17.4 Å². The third-order valence-electron chi connectivity index (χ3n) is 2.91. The van der Waals surface area contributed by atoms with Crippen LogP contribution >= 0.6 is 0 Å². The van der Waals surface area contributed by atoms with Crippen molar-refractivity contribution in [3.05, 3.63) is 53.6 Å². The van der Waals surface area contributed by atoms with Crippen molar-refractivity contribution in [2.45, 2.75) is 6.42 Å². The summed E-state index contributed by atoms with van der Waals surface area (Å²) in [5.74, 6) is -0.486. The largest absolute Gasteiger partial charge is 0.504 e.